The smallest absolute Gasteiger partial charge is 0.292 e. The molecule has 0 radical (unpaired) electrons. The van der Waals surface area contributed by atoms with Crippen LogP contribution in [0.2, 0.25) is 0 Å². The Bertz CT molecular complexity index is 503. The molecule has 0 aliphatic carbocycles. The molecule has 0 spiro atoms. The van der Waals surface area contributed by atoms with E-state index in [0.717, 1.165) is 30.8 Å². The van der Waals surface area contributed by atoms with Crippen LogP contribution in [-0.4, -0.2) is 30.1 Å². The maximum atomic E-state index is 11.2. The van der Waals surface area contributed by atoms with Gasteiger partial charge in [0.25, 0.3) is 5.69 Å². The van der Waals surface area contributed by atoms with E-state index in [1.165, 1.54) is 12.8 Å². The Morgan fingerprint density at radius 2 is 2.11 bits per heavy atom. The van der Waals surface area contributed by atoms with E-state index < -0.39 is 0 Å². The van der Waals surface area contributed by atoms with Gasteiger partial charge in [-0.2, -0.15) is 0 Å². The van der Waals surface area contributed by atoms with Gasteiger partial charge in [-0.05, 0) is 37.8 Å². The van der Waals surface area contributed by atoms with Crippen LogP contribution < -0.4 is 10.2 Å². The first-order chi connectivity index (χ1) is 9.13. The minimum absolute atomic E-state index is 0.234. The molecule has 2 fully saturated rings. The molecule has 2 saturated heterocycles. The second-order valence-electron chi connectivity index (χ2n) is 5.62. The van der Waals surface area contributed by atoms with Crippen molar-refractivity contribution in [3.63, 3.8) is 0 Å². The van der Waals surface area contributed by atoms with Crippen molar-refractivity contribution in [3.05, 3.63) is 33.9 Å². The molecule has 5 heteroatoms. The van der Waals surface area contributed by atoms with E-state index >= 15 is 0 Å². The highest BCUT2D eigenvalue weighted by molar-refractivity contribution is 5.64. The summed E-state index contributed by atoms with van der Waals surface area (Å²) in [5.41, 5.74) is 1.94. The summed E-state index contributed by atoms with van der Waals surface area (Å²) in [4.78, 5) is 13.1. The van der Waals surface area contributed by atoms with Crippen molar-refractivity contribution in [1.29, 1.82) is 0 Å². The topological polar surface area (TPSA) is 58.4 Å². The third-order valence-electron chi connectivity index (χ3n) is 4.19. The number of nitrogens with zero attached hydrogens (tertiary/aromatic N) is 2. The van der Waals surface area contributed by atoms with E-state index in [2.05, 4.69) is 10.2 Å². The molecular weight excluding hydrogens is 242 g/mol. The maximum Gasteiger partial charge on any atom is 0.292 e. The number of benzene rings is 1. The monoisotopic (exact) mass is 261 g/mol. The fourth-order valence-corrected chi connectivity index (χ4v) is 3.21. The minimum atomic E-state index is -0.265. The standard InChI is InChI=1S/C14H19N3O2/c1-10-2-5-13(14(8-10)17(18)19)16-7-6-11-3-4-12(9-16)15-11/h2,5,8,11-12,15H,3-4,6-7,9H2,1H3. The molecule has 1 aromatic carbocycles. The van der Waals surface area contributed by atoms with Gasteiger partial charge in [-0.3, -0.25) is 10.1 Å². The van der Waals surface area contributed by atoms with Crippen molar-refractivity contribution in [3.8, 4) is 0 Å². The van der Waals surface area contributed by atoms with E-state index in [0.29, 0.717) is 12.1 Å². The minimum Gasteiger partial charge on any atom is -0.364 e. The van der Waals surface area contributed by atoms with Gasteiger partial charge in [0.15, 0.2) is 0 Å². The van der Waals surface area contributed by atoms with Crippen LogP contribution in [0.3, 0.4) is 0 Å². The molecule has 0 amide bonds. The summed E-state index contributed by atoms with van der Waals surface area (Å²) in [6, 6.07) is 6.60. The van der Waals surface area contributed by atoms with Crippen LogP contribution in [0.25, 0.3) is 0 Å². The number of fused-ring (bicyclic) bond motifs is 2. The van der Waals surface area contributed by atoms with Crippen molar-refractivity contribution in [2.24, 2.45) is 0 Å². The van der Waals surface area contributed by atoms with E-state index in [9.17, 15) is 10.1 Å². The van der Waals surface area contributed by atoms with E-state index in [1.54, 1.807) is 6.07 Å². The molecule has 0 aromatic heterocycles. The Kier molecular flexibility index (Phi) is 3.14. The molecule has 2 atom stereocenters. The largest absolute Gasteiger partial charge is 0.364 e. The zero-order chi connectivity index (χ0) is 13.4. The molecule has 2 unspecified atom stereocenters. The summed E-state index contributed by atoms with van der Waals surface area (Å²) in [6.07, 6.45) is 3.50. The summed E-state index contributed by atoms with van der Waals surface area (Å²) >= 11 is 0. The molecule has 19 heavy (non-hydrogen) atoms. The highest BCUT2D eigenvalue weighted by Crippen LogP contribution is 2.32. The van der Waals surface area contributed by atoms with Gasteiger partial charge in [0.1, 0.15) is 5.69 Å². The van der Waals surface area contributed by atoms with Crippen molar-refractivity contribution in [1.82, 2.24) is 5.32 Å². The molecule has 2 heterocycles. The molecule has 2 bridgehead atoms. The second-order valence-corrected chi connectivity index (χ2v) is 5.62. The molecule has 3 rings (SSSR count). The van der Waals surface area contributed by atoms with E-state index in [4.69, 9.17) is 0 Å². The zero-order valence-electron chi connectivity index (χ0n) is 11.1. The van der Waals surface area contributed by atoms with Gasteiger partial charge in [0.2, 0.25) is 0 Å². The fourth-order valence-electron chi connectivity index (χ4n) is 3.21. The van der Waals surface area contributed by atoms with E-state index in [-0.39, 0.29) is 10.6 Å². The van der Waals surface area contributed by atoms with Gasteiger partial charge in [0.05, 0.1) is 4.92 Å². The van der Waals surface area contributed by atoms with Crippen LogP contribution in [0, 0.1) is 17.0 Å². The van der Waals surface area contributed by atoms with E-state index in [1.807, 2.05) is 19.1 Å². The van der Waals surface area contributed by atoms with Gasteiger partial charge >= 0.3 is 0 Å². The number of rotatable bonds is 2. The van der Waals surface area contributed by atoms with Crippen molar-refractivity contribution >= 4 is 11.4 Å². The van der Waals surface area contributed by atoms with Crippen LogP contribution in [0.5, 0.6) is 0 Å². The quantitative estimate of drug-likeness (QED) is 0.655. The number of nitro benzene ring substituents is 1. The van der Waals surface area contributed by atoms with Crippen molar-refractivity contribution < 1.29 is 4.92 Å². The zero-order valence-corrected chi connectivity index (χ0v) is 11.1. The van der Waals surface area contributed by atoms with Gasteiger partial charge in [0, 0.05) is 31.2 Å². The second kappa shape index (κ2) is 4.81. The van der Waals surface area contributed by atoms with Crippen LogP contribution in [0.1, 0.15) is 24.8 Å². The lowest BCUT2D eigenvalue weighted by Crippen LogP contribution is -2.35. The Balaban J connectivity index is 1.91. The first kappa shape index (κ1) is 12.4. The lowest BCUT2D eigenvalue weighted by Gasteiger charge is -2.26. The molecular formula is C14H19N3O2. The predicted molar refractivity (Wildman–Crippen MR) is 74.6 cm³/mol. The summed E-state index contributed by atoms with van der Waals surface area (Å²) in [7, 11) is 0. The number of hydrogen-bond donors (Lipinski definition) is 1. The lowest BCUT2D eigenvalue weighted by molar-refractivity contribution is -0.384. The normalized spacial score (nSPS) is 26.3. The molecule has 5 nitrogen and oxygen atoms in total. The molecule has 1 aromatic rings. The third-order valence-corrected chi connectivity index (χ3v) is 4.19. The summed E-state index contributed by atoms with van der Waals surface area (Å²) in [5.74, 6) is 0. The summed E-state index contributed by atoms with van der Waals surface area (Å²) in [5, 5.41) is 14.8. The van der Waals surface area contributed by atoms with Crippen molar-refractivity contribution in [2.75, 3.05) is 18.0 Å². The SMILES string of the molecule is Cc1ccc(N2CCC3CCC(C2)N3)c([N+](=O)[O-])c1. The van der Waals surface area contributed by atoms with Crippen LogP contribution in [0.4, 0.5) is 11.4 Å². The molecule has 102 valence electrons. The summed E-state index contributed by atoms with van der Waals surface area (Å²) < 4.78 is 0. The average molecular weight is 261 g/mol. The van der Waals surface area contributed by atoms with Crippen LogP contribution in [-0.2, 0) is 0 Å². The van der Waals surface area contributed by atoms with Crippen LogP contribution >= 0.6 is 0 Å². The van der Waals surface area contributed by atoms with Gasteiger partial charge in [-0.1, -0.05) is 6.07 Å². The van der Waals surface area contributed by atoms with Crippen molar-refractivity contribution in [2.45, 2.75) is 38.3 Å². The number of nitrogens with one attached hydrogen (secondary N) is 1. The average Bonchev–Trinajstić information content (AvgIpc) is 2.69. The Morgan fingerprint density at radius 3 is 2.89 bits per heavy atom. The van der Waals surface area contributed by atoms with Gasteiger partial charge in [-0.25, -0.2) is 0 Å². The first-order valence-electron chi connectivity index (χ1n) is 6.89. The van der Waals surface area contributed by atoms with Crippen LogP contribution in [0.15, 0.2) is 18.2 Å². The third kappa shape index (κ3) is 2.42. The molecule has 0 saturated carbocycles. The summed E-state index contributed by atoms with van der Waals surface area (Å²) in [6.45, 7) is 3.67. The number of nitro groups is 1. The highest BCUT2D eigenvalue weighted by atomic mass is 16.6. The number of hydrogen-bond acceptors (Lipinski definition) is 4. The molecule has 1 N–H and O–H groups in total. The highest BCUT2D eigenvalue weighted by Gasteiger charge is 2.31. The predicted octanol–water partition coefficient (Wildman–Crippen LogP) is 2.23. The number of anilines is 1. The first-order valence-corrected chi connectivity index (χ1v) is 6.89. The Hall–Kier alpha value is -1.62. The Morgan fingerprint density at radius 1 is 1.32 bits per heavy atom. The Labute approximate surface area is 112 Å². The van der Waals surface area contributed by atoms with Gasteiger partial charge < -0.3 is 10.2 Å². The number of aryl methyl sites for hydroxylation is 1. The maximum absolute atomic E-state index is 11.2. The fraction of sp³-hybridized carbons (Fsp3) is 0.571. The molecule has 2 aliphatic heterocycles. The lowest BCUT2D eigenvalue weighted by atomic mass is 10.1. The molecule has 2 aliphatic rings. The van der Waals surface area contributed by atoms with Gasteiger partial charge in [-0.15, -0.1) is 0 Å².